The first-order valence-electron chi connectivity index (χ1n) is 15.9. The first-order chi connectivity index (χ1) is 22.0. The SMILES string of the molecule is CC1CN(c2nc(N3CCOCC3)nc(N3CCOCC3)n2)CC(C)O1.Clc1nc(N2CCOCC2)nc(N2CCOCC2)n1. The van der Waals surface area contributed by atoms with E-state index in [1.54, 1.807) is 0 Å². The van der Waals surface area contributed by atoms with Crippen LogP contribution in [-0.4, -0.2) is 160 Å². The Hall–Kier alpha value is -2.89. The second kappa shape index (κ2) is 15.6. The molecule has 2 unspecified atom stereocenters. The maximum Gasteiger partial charge on any atom is 0.232 e. The molecule has 7 rings (SSSR count). The molecule has 0 spiro atoms. The monoisotopic (exact) mass is 649 g/mol. The molecule has 0 N–H and O–H groups in total. The zero-order chi connectivity index (χ0) is 31.0. The van der Waals surface area contributed by atoms with Gasteiger partial charge in [0.05, 0.1) is 65.1 Å². The fourth-order valence-electron chi connectivity index (χ4n) is 5.77. The molecule has 45 heavy (non-hydrogen) atoms. The van der Waals surface area contributed by atoms with Crippen LogP contribution in [0.25, 0.3) is 0 Å². The molecule has 0 bridgehead atoms. The molecule has 5 aliphatic heterocycles. The minimum Gasteiger partial charge on any atom is -0.378 e. The minimum atomic E-state index is 0.161. The highest BCUT2D eigenvalue weighted by Gasteiger charge is 2.28. The van der Waals surface area contributed by atoms with Crippen molar-refractivity contribution in [2.24, 2.45) is 0 Å². The third-order valence-electron chi connectivity index (χ3n) is 8.06. The molecule has 2 aromatic heterocycles. The van der Waals surface area contributed by atoms with Crippen LogP contribution in [0, 0.1) is 0 Å². The van der Waals surface area contributed by atoms with E-state index >= 15 is 0 Å². The predicted octanol–water partition coefficient (Wildman–Crippen LogP) is 0.357. The molecule has 5 aliphatic rings. The van der Waals surface area contributed by atoms with Crippen LogP contribution in [0.2, 0.25) is 5.28 Å². The van der Waals surface area contributed by atoms with Gasteiger partial charge in [-0.3, -0.25) is 0 Å². The third kappa shape index (κ3) is 8.68. The number of hydrogen-bond donors (Lipinski definition) is 0. The number of anilines is 5. The summed E-state index contributed by atoms with van der Waals surface area (Å²) in [6.45, 7) is 17.7. The first-order valence-corrected chi connectivity index (χ1v) is 16.3. The van der Waals surface area contributed by atoms with E-state index in [0.717, 1.165) is 83.3 Å². The van der Waals surface area contributed by atoms with Gasteiger partial charge >= 0.3 is 0 Å². The molecule has 0 saturated carbocycles. The van der Waals surface area contributed by atoms with E-state index in [1.165, 1.54) is 0 Å². The van der Waals surface area contributed by atoms with Crippen LogP contribution in [-0.2, 0) is 23.7 Å². The van der Waals surface area contributed by atoms with Gasteiger partial charge in [0.2, 0.25) is 35.0 Å². The molecule has 5 fully saturated rings. The molecule has 2 atom stereocenters. The molecule has 248 valence electrons. The van der Waals surface area contributed by atoms with Crippen LogP contribution in [0.15, 0.2) is 0 Å². The summed E-state index contributed by atoms with van der Waals surface area (Å²) >= 11 is 6.01. The summed E-state index contributed by atoms with van der Waals surface area (Å²) in [5, 5.41) is 0.234. The Morgan fingerprint density at radius 1 is 0.444 bits per heavy atom. The highest BCUT2D eigenvalue weighted by atomic mass is 35.5. The molecule has 7 heterocycles. The lowest BCUT2D eigenvalue weighted by atomic mass is 10.2. The molecule has 16 nitrogen and oxygen atoms in total. The number of halogens is 1. The lowest BCUT2D eigenvalue weighted by Gasteiger charge is -2.36. The van der Waals surface area contributed by atoms with E-state index in [1.807, 2.05) is 0 Å². The summed E-state index contributed by atoms with van der Waals surface area (Å²) in [6, 6.07) is 0. The Morgan fingerprint density at radius 3 is 1.02 bits per heavy atom. The topological polar surface area (TPSA) is 140 Å². The van der Waals surface area contributed by atoms with Gasteiger partial charge in [-0.1, -0.05) is 0 Å². The average Bonchev–Trinajstić information content (AvgIpc) is 3.09. The van der Waals surface area contributed by atoms with Crippen LogP contribution >= 0.6 is 11.6 Å². The Kier molecular flexibility index (Phi) is 11.1. The molecule has 17 heteroatoms. The fraction of sp³-hybridized carbons (Fsp3) is 0.786. The Morgan fingerprint density at radius 2 is 0.711 bits per heavy atom. The largest absolute Gasteiger partial charge is 0.378 e. The van der Waals surface area contributed by atoms with Crippen molar-refractivity contribution in [3.05, 3.63) is 5.28 Å². The van der Waals surface area contributed by atoms with Gasteiger partial charge in [0.1, 0.15) is 0 Å². The Balaban J connectivity index is 0.000000167. The van der Waals surface area contributed by atoms with Gasteiger partial charge < -0.3 is 48.2 Å². The van der Waals surface area contributed by atoms with Crippen LogP contribution in [0.4, 0.5) is 29.7 Å². The van der Waals surface area contributed by atoms with E-state index < -0.39 is 0 Å². The van der Waals surface area contributed by atoms with Crippen LogP contribution in [0.5, 0.6) is 0 Å². The van der Waals surface area contributed by atoms with Crippen molar-refractivity contribution in [3.8, 4) is 0 Å². The smallest absolute Gasteiger partial charge is 0.232 e. The predicted molar refractivity (Wildman–Crippen MR) is 169 cm³/mol. The summed E-state index contributed by atoms with van der Waals surface area (Å²) in [7, 11) is 0. The molecule has 5 saturated heterocycles. The highest BCUT2D eigenvalue weighted by Crippen LogP contribution is 2.24. The minimum absolute atomic E-state index is 0.161. The van der Waals surface area contributed by atoms with Gasteiger partial charge in [0, 0.05) is 65.4 Å². The lowest BCUT2D eigenvalue weighted by Crippen LogP contribution is -2.47. The second-order valence-corrected chi connectivity index (χ2v) is 11.8. The maximum atomic E-state index is 6.01. The molecule has 0 aromatic carbocycles. The van der Waals surface area contributed by atoms with E-state index in [4.69, 9.17) is 50.2 Å². The number of morpholine rings is 5. The van der Waals surface area contributed by atoms with Crippen molar-refractivity contribution in [2.75, 3.05) is 143 Å². The molecule has 0 amide bonds. The average molecular weight is 650 g/mol. The molecule has 0 radical (unpaired) electrons. The highest BCUT2D eigenvalue weighted by molar-refractivity contribution is 6.28. The van der Waals surface area contributed by atoms with Crippen molar-refractivity contribution in [2.45, 2.75) is 26.1 Å². The summed E-state index contributed by atoms with van der Waals surface area (Å²) in [4.78, 5) is 38.0. The maximum absolute atomic E-state index is 6.01. The van der Waals surface area contributed by atoms with Gasteiger partial charge in [0.25, 0.3) is 0 Å². The van der Waals surface area contributed by atoms with E-state index in [-0.39, 0.29) is 17.5 Å². The Bertz CT molecular complexity index is 1140. The lowest BCUT2D eigenvalue weighted by molar-refractivity contribution is -0.00572. The van der Waals surface area contributed by atoms with Gasteiger partial charge in [-0.2, -0.15) is 29.9 Å². The summed E-state index contributed by atoms with van der Waals surface area (Å²) in [5.74, 6) is 3.48. The second-order valence-electron chi connectivity index (χ2n) is 11.5. The molecule has 0 aliphatic carbocycles. The number of nitrogens with zero attached hydrogens (tertiary/aromatic N) is 11. The standard InChI is InChI=1S/C17H28N6O3.C11H16ClN5O2/c1-13-11-23(12-14(2)26-13)17-19-15(21-3-7-24-8-4-21)18-16(20-17)22-5-9-25-10-6-22;12-9-13-10(16-1-5-18-6-2-16)15-11(14-9)17-3-7-19-8-4-17/h13-14H,3-12H2,1-2H3;1-8H2. The van der Waals surface area contributed by atoms with Crippen LogP contribution in [0.3, 0.4) is 0 Å². The normalized spacial score (nSPS) is 24.7. The Labute approximate surface area is 268 Å². The summed E-state index contributed by atoms with van der Waals surface area (Å²) in [6.07, 6.45) is 0.323. The molecule has 2 aromatic rings. The van der Waals surface area contributed by atoms with E-state index in [9.17, 15) is 0 Å². The summed E-state index contributed by atoms with van der Waals surface area (Å²) in [5.41, 5.74) is 0. The number of aromatic nitrogens is 6. The fourth-order valence-corrected chi connectivity index (χ4v) is 5.93. The summed E-state index contributed by atoms with van der Waals surface area (Å²) < 4.78 is 27.5. The van der Waals surface area contributed by atoms with Crippen molar-refractivity contribution >= 4 is 41.3 Å². The van der Waals surface area contributed by atoms with Gasteiger partial charge in [0.15, 0.2) is 0 Å². The zero-order valence-corrected chi connectivity index (χ0v) is 27.0. The van der Waals surface area contributed by atoms with Crippen molar-refractivity contribution in [1.29, 1.82) is 0 Å². The molecular weight excluding hydrogens is 606 g/mol. The zero-order valence-electron chi connectivity index (χ0n) is 26.2. The van der Waals surface area contributed by atoms with Crippen molar-refractivity contribution in [1.82, 2.24) is 29.9 Å². The number of ether oxygens (including phenoxy) is 5. The van der Waals surface area contributed by atoms with Gasteiger partial charge in [-0.05, 0) is 25.4 Å². The molecular formula is C28H44ClN11O5. The van der Waals surface area contributed by atoms with Crippen LogP contribution in [0.1, 0.15) is 13.8 Å². The van der Waals surface area contributed by atoms with E-state index in [2.05, 4.69) is 53.3 Å². The van der Waals surface area contributed by atoms with Gasteiger partial charge in [-0.25, -0.2) is 0 Å². The quantitative estimate of drug-likeness (QED) is 0.440. The van der Waals surface area contributed by atoms with E-state index in [0.29, 0.717) is 64.8 Å². The first kappa shape index (κ1) is 32.1. The van der Waals surface area contributed by atoms with Crippen LogP contribution < -0.4 is 24.5 Å². The number of hydrogen-bond acceptors (Lipinski definition) is 16. The van der Waals surface area contributed by atoms with Crippen molar-refractivity contribution < 1.29 is 23.7 Å². The third-order valence-corrected chi connectivity index (χ3v) is 8.23. The van der Waals surface area contributed by atoms with Crippen molar-refractivity contribution in [3.63, 3.8) is 0 Å². The number of rotatable bonds is 5. The van der Waals surface area contributed by atoms with Gasteiger partial charge in [-0.15, -0.1) is 0 Å².